The van der Waals surface area contributed by atoms with Gasteiger partial charge in [0, 0.05) is 38.6 Å². The second-order valence-corrected chi connectivity index (χ2v) is 7.24. The van der Waals surface area contributed by atoms with E-state index in [0.29, 0.717) is 31.9 Å². The van der Waals surface area contributed by atoms with Gasteiger partial charge in [-0.3, -0.25) is 9.59 Å². The van der Waals surface area contributed by atoms with Crippen molar-refractivity contribution < 1.29 is 14.0 Å². The zero-order chi connectivity index (χ0) is 18.0. The Labute approximate surface area is 153 Å². The molecule has 1 aliphatic carbocycles. The number of nitrogens with zero attached hydrogens (tertiary/aromatic N) is 3. The lowest BCUT2D eigenvalue weighted by atomic mass is 9.80. The van der Waals surface area contributed by atoms with E-state index in [2.05, 4.69) is 4.57 Å². The fourth-order valence-corrected chi connectivity index (χ4v) is 4.30. The van der Waals surface area contributed by atoms with E-state index in [4.69, 9.17) is 4.42 Å². The largest absolute Gasteiger partial charge is 0.459 e. The summed E-state index contributed by atoms with van der Waals surface area (Å²) in [5.41, 5.74) is -0.449. The number of carbonyl (C=O) groups excluding carboxylic acids is 2. The Bertz CT molecular complexity index is 737. The third-order valence-electron chi connectivity index (χ3n) is 5.76. The van der Waals surface area contributed by atoms with Crippen LogP contribution in [-0.2, 0) is 10.3 Å². The average Bonchev–Trinajstić information content (AvgIpc) is 3.41. The first-order chi connectivity index (χ1) is 12.7. The van der Waals surface area contributed by atoms with E-state index in [0.717, 1.165) is 25.7 Å². The number of piperazine rings is 1. The Morgan fingerprint density at radius 3 is 2.15 bits per heavy atom. The zero-order valence-corrected chi connectivity index (χ0v) is 15.0. The van der Waals surface area contributed by atoms with Gasteiger partial charge in [-0.15, -0.1) is 0 Å². The van der Waals surface area contributed by atoms with Crippen molar-refractivity contribution in [2.75, 3.05) is 26.2 Å². The van der Waals surface area contributed by atoms with Crippen LogP contribution in [0.5, 0.6) is 0 Å². The fourth-order valence-electron chi connectivity index (χ4n) is 4.30. The Hall–Kier alpha value is -2.50. The second kappa shape index (κ2) is 7.02. The number of furan rings is 1. The van der Waals surface area contributed by atoms with Crippen molar-refractivity contribution in [2.45, 2.75) is 37.6 Å². The predicted molar refractivity (Wildman–Crippen MR) is 96.7 cm³/mol. The van der Waals surface area contributed by atoms with Crippen LogP contribution in [0.1, 0.15) is 42.7 Å². The fraction of sp³-hybridized carbons (Fsp3) is 0.500. The lowest BCUT2D eigenvalue weighted by molar-refractivity contribution is -0.144. The van der Waals surface area contributed by atoms with Gasteiger partial charge in [0.15, 0.2) is 5.76 Å². The Kier molecular flexibility index (Phi) is 4.57. The average molecular weight is 355 g/mol. The summed E-state index contributed by atoms with van der Waals surface area (Å²) in [5.74, 6) is 0.472. The van der Waals surface area contributed by atoms with Gasteiger partial charge < -0.3 is 18.8 Å². The minimum atomic E-state index is -0.449. The molecule has 0 atom stereocenters. The molecule has 3 heterocycles. The minimum Gasteiger partial charge on any atom is -0.459 e. The molecule has 0 N–H and O–H groups in total. The molecule has 0 unspecified atom stereocenters. The molecule has 138 valence electrons. The van der Waals surface area contributed by atoms with Gasteiger partial charge in [0.2, 0.25) is 5.91 Å². The summed E-state index contributed by atoms with van der Waals surface area (Å²) in [6.07, 6.45) is 10.7. The molecule has 0 bridgehead atoms. The number of hydrogen-bond donors (Lipinski definition) is 0. The van der Waals surface area contributed by atoms with Gasteiger partial charge in [-0.2, -0.15) is 0 Å². The third-order valence-corrected chi connectivity index (χ3v) is 5.76. The number of hydrogen-bond acceptors (Lipinski definition) is 3. The van der Waals surface area contributed by atoms with E-state index in [1.807, 2.05) is 29.4 Å². The van der Waals surface area contributed by atoms with Gasteiger partial charge in [0.25, 0.3) is 5.91 Å². The van der Waals surface area contributed by atoms with Crippen LogP contribution >= 0.6 is 0 Å². The highest BCUT2D eigenvalue weighted by Crippen LogP contribution is 2.37. The van der Waals surface area contributed by atoms with E-state index >= 15 is 0 Å². The first-order valence-electron chi connectivity index (χ1n) is 9.46. The normalized spacial score (nSPS) is 20.2. The van der Waals surface area contributed by atoms with Crippen LogP contribution in [0.15, 0.2) is 47.3 Å². The van der Waals surface area contributed by atoms with Crippen LogP contribution in [0, 0.1) is 0 Å². The molecule has 1 saturated carbocycles. The first-order valence-corrected chi connectivity index (χ1v) is 9.46. The van der Waals surface area contributed by atoms with Crippen molar-refractivity contribution in [1.82, 2.24) is 14.4 Å². The predicted octanol–water partition coefficient (Wildman–Crippen LogP) is 2.73. The molecule has 1 saturated heterocycles. The monoisotopic (exact) mass is 355 g/mol. The van der Waals surface area contributed by atoms with Crippen molar-refractivity contribution in [3.05, 3.63) is 48.7 Å². The quantitative estimate of drug-likeness (QED) is 0.851. The topological polar surface area (TPSA) is 58.7 Å². The van der Waals surface area contributed by atoms with Gasteiger partial charge in [-0.05, 0) is 37.1 Å². The van der Waals surface area contributed by atoms with Gasteiger partial charge >= 0.3 is 0 Å². The minimum absolute atomic E-state index is 0.0973. The van der Waals surface area contributed by atoms with E-state index in [9.17, 15) is 9.59 Å². The molecule has 6 heteroatoms. The molecule has 6 nitrogen and oxygen atoms in total. The molecule has 0 radical (unpaired) electrons. The molecule has 26 heavy (non-hydrogen) atoms. The van der Waals surface area contributed by atoms with Gasteiger partial charge in [-0.1, -0.05) is 19.3 Å². The molecule has 2 aliphatic rings. The summed E-state index contributed by atoms with van der Waals surface area (Å²) in [6, 6.07) is 7.38. The van der Waals surface area contributed by atoms with Gasteiger partial charge in [-0.25, -0.2) is 0 Å². The maximum Gasteiger partial charge on any atom is 0.289 e. The van der Waals surface area contributed by atoms with E-state index < -0.39 is 5.54 Å². The van der Waals surface area contributed by atoms with E-state index in [1.54, 1.807) is 17.0 Å². The van der Waals surface area contributed by atoms with Crippen LogP contribution in [0.25, 0.3) is 0 Å². The van der Waals surface area contributed by atoms with Crippen LogP contribution in [0.2, 0.25) is 0 Å². The number of carbonyl (C=O) groups is 2. The summed E-state index contributed by atoms with van der Waals surface area (Å²) in [6.45, 7) is 2.25. The standard InChI is InChI=1S/C20H25N3O3/c24-18(17-7-6-16-26-17)21-12-14-22(15-13-21)19(25)20(8-2-1-3-9-20)23-10-4-5-11-23/h4-7,10-11,16H,1-3,8-9,12-15H2. The van der Waals surface area contributed by atoms with E-state index in [1.165, 1.54) is 12.7 Å². The maximum atomic E-state index is 13.5. The van der Waals surface area contributed by atoms with Crippen molar-refractivity contribution in [3.63, 3.8) is 0 Å². The lowest BCUT2D eigenvalue weighted by Crippen LogP contribution is -2.57. The van der Waals surface area contributed by atoms with Crippen molar-refractivity contribution in [2.24, 2.45) is 0 Å². The molecule has 1 aliphatic heterocycles. The molecule has 2 aromatic rings. The summed E-state index contributed by atoms with van der Waals surface area (Å²) in [7, 11) is 0. The first kappa shape index (κ1) is 16.9. The van der Waals surface area contributed by atoms with Gasteiger partial charge in [0.1, 0.15) is 5.54 Å². The summed E-state index contributed by atoms with van der Waals surface area (Å²) in [4.78, 5) is 29.6. The number of amides is 2. The highest BCUT2D eigenvalue weighted by molar-refractivity contribution is 5.92. The smallest absolute Gasteiger partial charge is 0.289 e. The highest BCUT2D eigenvalue weighted by atomic mass is 16.3. The third kappa shape index (κ3) is 2.93. The molecule has 4 rings (SSSR count). The summed E-state index contributed by atoms with van der Waals surface area (Å²) in [5, 5.41) is 0. The van der Waals surface area contributed by atoms with Gasteiger partial charge in [0.05, 0.1) is 6.26 Å². The zero-order valence-electron chi connectivity index (χ0n) is 15.0. The molecular formula is C20H25N3O3. The molecule has 0 aromatic carbocycles. The Morgan fingerprint density at radius 2 is 1.54 bits per heavy atom. The molecule has 0 spiro atoms. The van der Waals surface area contributed by atoms with E-state index in [-0.39, 0.29) is 11.8 Å². The molecule has 2 aromatic heterocycles. The molecule has 2 fully saturated rings. The van der Waals surface area contributed by atoms with Crippen LogP contribution < -0.4 is 0 Å². The number of rotatable bonds is 3. The number of aromatic nitrogens is 1. The Morgan fingerprint density at radius 1 is 0.885 bits per heavy atom. The van der Waals surface area contributed by atoms with Crippen LogP contribution in [0.4, 0.5) is 0 Å². The van der Waals surface area contributed by atoms with Crippen LogP contribution in [-0.4, -0.2) is 52.4 Å². The molecular weight excluding hydrogens is 330 g/mol. The lowest BCUT2D eigenvalue weighted by Gasteiger charge is -2.43. The summed E-state index contributed by atoms with van der Waals surface area (Å²) < 4.78 is 7.31. The van der Waals surface area contributed by atoms with Crippen LogP contribution in [0.3, 0.4) is 0 Å². The SMILES string of the molecule is O=C(c1ccco1)N1CCN(C(=O)C2(n3cccc3)CCCCC2)CC1. The second-order valence-electron chi connectivity index (χ2n) is 7.24. The van der Waals surface area contributed by atoms with Crippen molar-refractivity contribution in [1.29, 1.82) is 0 Å². The molecule has 2 amide bonds. The highest BCUT2D eigenvalue weighted by Gasteiger charge is 2.44. The van der Waals surface area contributed by atoms with Crippen molar-refractivity contribution in [3.8, 4) is 0 Å². The Balaban J connectivity index is 1.46. The van der Waals surface area contributed by atoms with Crippen molar-refractivity contribution >= 4 is 11.8 Å². The summed E-state index contributed by atoms with van der Waals surface area (Å²) >= 11 is 0. The maximum absolute atomic E-state index is 13.5.